The first-order chi connectivity index (χ1) is 6.75. The standard InChI is InChI=1S/C11H16N2O/c1-8-5-9(11(12)13-7-8)6-10-3-2-4-14-10/h5,7,10H,2-4,6H2,1H3,(H2,12,13). The molecule has 0 spiro atoms. The first-order valence-corrected chi connectivity index (χ1v) is 5.08. The molecule has 0 amide bonds. The Labute approximate surface area is 84.3 Å². The number of ether oxygens (including phenoxy) is 1. The second-order valence-corrected chi connectivity index (χ2v) is 3.90. The molecule has 3 heteroatoms. The molecule has 1 atom stereocenters. The number of anilines is 1. The number of aryl methyl sites for hydroxylation is 1. The minimum atomic E-state index is 0.348. The highest BCUT2D eigenvalue weighted by Gasteiger charge is 2.17. The molecule has 1 aliphatic heterocycles. The van der Waals surface area contributed by atoms with Crippen LogP contribution < -0.4 is 5.73 Å². The summed E-state index contributed by atoms with van der Waals surface area (Å²) in [5.74, 6) is 0.645. The van der Waals surface area contributed by atoms with E-state index in [1.807, 2.05) is 6.92 Å². The van der Waals surface area contributed by atoms with Gasteiger partial charge in [0.15, 0.2) is 0 Å². The molecule has 76 valence electrons. The summed E-state index contributed by atoms with van der Waals surface area (Å²) in [7, 11) is 0. The van der Waals surface area contributed by atoms with Crippen molar-refractivity contribution in [1.82, 2.24) is 4.98 Å². The number of rotatable bonds is 2. The van der Waals surface area contributed by atoms with Crippen LogP contribution in [-0.4, -0.2) is 17.7 Å². The first-order valence-electron chi connectivity index (χ1n) is 5.08. The summed E-state index contributed by atoms with van der Waals surface area (Å²) in [6.07, 6.45) is 5.37. The fourth-order valence-corrected chi connectivity index (χ4v) is 1.85. The fourth-order valence-electron chi connectivity index (χ4n) is 1.85. The zero-order valence-corrected chi connectivity index (χ0v) is 8.49. The average molecular weight is 192 g/mol. The van der Waals surface area contributed by atoms with E-state index in [-0.39, 0.29) is 0 Å². The highest BCUT2D eigenvalue weighted by molar-refractivity contribution is 5.41. The van der Waals surface area contributed by atoms with Gasteiger partial charge in [0.05, 0.1) is 6.10 Å². The van der Waals surface area contributed by atoms with E-state index in [0.29, 0.717) is 11.9 Å². The number of nitrogen functional groups attached to an aromatic ring is 1. The Hall–Kier alpha value is -1.09. The smallest absolute Gasteiger partial charge is 0.126 e. The van der Waals surface area contributed by atoms with Gasteiger partial charge in [-0.1, -0.05) is 6.07 Å². The monoisotopic (exact) mass is 192 g/mol. The predicted octanol–water partition coefficient (Wildman–Crippen LogP) is 1.69. The third-order valence-corrected chi connectivity index (χ3v) is 2.61. The van der Waals surface area contributed by atoms with E-state index in [1.165, 1.54) is 6.42 Å². The van der Waals surface area contributed by atoms with Gasteiger partial charge < -0.3 is 10.5 Å². The molecule has 3 nitrogen and oxygen atoms in total. The minimum absolute atomic E-state index is 0.348. The van der Waals surface area contributed by atoms with Gasteiger partial charge in [-0.15, -0.1) is 0 Å². The van der Waals surface area contributed by atoms with Gasteiger partial charge in [0.25, 0.3) is 0 Å². The van der Waals surface area contributed by atoms with E-state index in [2.05, 4.69) is 11.1 Å². The lowest BCUT2D eigenvalue weighted by Gasteiger charge is -2.11. The summed E-state index contributed by atoms with van der Waals surface area (Å²) in [6, 6.07) is 2.10. The SMILES string of the molecule is Cc1cnc(N)c(CC2CCCO2)c1. The number of pyridine rings is 1. The van der Waals surface area contributed by atoms with Gasteiger partial charge in [-0.3, -0.25) is 0 Å². The van der Waals surface area contributed by atoms with Crippen molar-refractivity contribution in [3.8, 4) is 0 Å². The van der Waals surface area contributed by atoms with Crippen LogP contribution in [0.2, 0.25) is 0 Å². The van der Waals surface area contributed by atoms with Crippen LogP contribution in [0.3, 0.4) is 0 Å². The van der Waals surface area contributed by atoms with Gasteiger partial charge in [0, 0.05) is 19.2 Å². The largest absolute Gasteiger partial charge is 0.383 e. The number of hydrogen-bond donors (Lipinski definition) is 1. The van der Waals surface area contributed by atoms with E-state index >= 15 is 0 Å². The van der Waals surface area contributed by atoms with Gasteiger partial charge >= 0.3 is 0 Å². The van der Waals surface area contributed by atoms with Crippen LogP contribution in [0.25, 0.3) is 0 Å². The lowest BCUT2D eigenvalue weighted by Crippen LogP contribution is -2.11. The van der Waals surface area contributed by atoms with Crippen LogP contribution >= 0.6 is 0 Å². The van der Waals surface area contributed by atoms with Gasteiger partial charge in [0.2, 0.25) is 0 Å². The van der Waals surface area contributed by atoms with Gasteiger partial charge in [-0.2, -0.15) is 0 Å². The molecule has 0 bridgehead atoms. The number of nitrogens with two attached hydrogens (primary N) is 1. The summed E-state index contributed by atoms with van der Waals surface area (Å²) in [5.41, 5.74) is 8.08. The summed E-state index contributed by atoms with van der Waals surface area (Å²) >= 11 is 0. The lowest BCUT2D eigenvalue weighted by atomic mass is 10.1. The van der Waals surface area contributed by atoms with E-state index in [4.69, 9.17) is 10.5 Å². The summed E-state index contributed by atoms with van der Waals surface area (Å²) in [5, 5.41) is 0. The van der Waals surface area contributed by atoms with Crippen LogP contribution in [-0.2, 0) is 11.2 Å². The van der Waals surface area contributed by atoms with Gasteiger partial charge in [-0.05, 0) is 30.9 Å². The third kappa shape index (κ3) is 2.04. The zero-order valence-electron chi connectivity index (χ0n) is 8.49. The van der Waals surface area contributed by atoms with Crippen molar-refractivity contribution in [3.63, 3.8) is 0 Å². The van der Waals surface area contributed by atoms with Crippen molar-refractivity contribution < 1.29 is 4.74 Å². The number of hydrogen-bond acceptors (Lipinski definition) is 3. The normalized spacial score (nSPS) is 21.4. The van der Waals surface area contributed by atoms with Crippen molar-refractivity contribution >= 4 is 5.82 Å². The van der Waals surface area contributed by atoms with E-state index in [9.17, 15) is 0 Å². The summed E-state index contributed by atoms with van der Waals surface area (Å²) < 4.78 is 5.57. The van der Waals surface area contributed by atoms with Crippen molar-refractivity contribution in [2.75, 3.05) is 12.3 Å². The Morgan fingerprint density at radius 2 is 2.50 bits per heavy atom. The maximum absolute atomic E-state index is 5.80. The molecule has 14 heavy (non-hydrogen) atoms. The molecule has 1 saturated heterocycles. The van der Waals surface area contributed by atoms with Crippen molar-refractivity contribution in [1.29, 1.82) is 0 Å². The van der Waals surface area contributed by atoms with Crippen LogP contribution in [0.1, 0.15) is 24.0 Å². The maximum atomic E-state index is 5.80. The molecule has 1 aromatic rings. The van der Waals surface area contributed by atoms with Crippen molar-refractivity contribution in [3.05, 3.63) is 23.4 Å². The molecule has 2 N–H and O–H groups in total. The maximum Gasteiger partial charge on any atom is 0.126 e. The quantitative estimate of drug-likeness (QED) is 0.775. The van der Waals surface area contributed by atoms with Crippen LogP contribution in [0.5, 0.6) is 0 Å². The van der Waals surface area contributed by atoms with Crippen LogP contribution in [0.15, 0.2) is 12.3 Å². The highest BCUT2D eigenvalue weighted by Crippen LogP contribution is 2.20. The van der Waals surface area contributed by atoms with E-state index < -0.39 is 0 Å². The van der Waals surface area contributed by atoms with E-state index in [0.717, 1.165) is 30.6 Å². The van der Waals surface area contributed by atoms with Crippen LogP contribution in [0, 0.1) is 6.92 Å². The topological polar surface area (TPSA) is 48.1 Å². The average Bonchev–Trinajstić information content (AvgIpc) is 2.64. The molecule has 1 aliphatic rings. The zero-order chi connectivity index (χ0) is 9.97. The van der Waals surface area contributed by atoms with Crippen LogP contribution in [0.4, 0.5) is 5.82 Å². The number of aromatic nitrogens is 1. The predicted molar refractivity (Wildman–Crippen MR) is 56.1 cm³/mol. The second kappa shape index (κ2) is 3.96. The Balaban J connectivity index is 2.10. The Morgan fingerprint density at radius 1 is 1.64 bits per heavy atom. The molecular formula is C11H16N2O. The second-order valence-electron chi connectivity index (χ2n) is 3.90. The third-order valence-electron chi connectivity index (χ3n) is 2.61. The fraction of sp³-hybridized carbons (Fsp3) is 0.545. The molecule has 2 heterocycles. The molecule has 0 radical (unpaired) electrons. The molecule has 2 rings (SSSR count). The molecular weight excluding hydrogens is 176 g/mol. The first kappa shape index (κ1) is 9.46. The molecule has 0 aliphatic carbocycles. The summed E-state index contributed by atoms with van der Waals surface area (Å²) in [6.45, 7) is 2.93. The highest BCUT2D eigenvalue weighted by atomic mass is 16.5. The van der Waals surface area contributed by atoms with Crippen molar-refractivity contribution in [2.24, 2.45) is 0 Å². The van der Waals surface area contributed by atoms with Gasteiger partial charge in [0.1, 0.15) is 5.82 Å². The minimum Gasteiger partial charge on any atom is -0.383 e. The van der Waals surface area contributed by atoms with E-state index in [1.54, 1.807) is 6.20 Å². The molecule has 0 saturated carbocycles. The molecule has 0 aromatic carbocycles. The van der Waals surface area contributed by atoms with Crippen molar-refractivity contribution in [2.45, 2.75) is 32.3 Å². The molecule has 1 unspecified atom stereocenters. The lowest BCUT2D eigenvalue weighted by molar-refractivity contribution is 0.111. The molecule has 1 aromatic heterocycles. The van der Waals surface area contributed by atoms with Gasteiger partial charge in [-0.25, -0.2) is 4.98 Å². The Kier molecular flexibility index (Phi) is 2.68. The Bertz CT molecular complexity index is 319. The molecule has 1 fully saturated rings. The Morgan fingerprint density at radius 3 is 3.21 bits per heavy atom. The summed E-state index contributed by atoms with van der Waals surface area (Å²) in [4.78, 5) is 4.14. The number of nitrogens with zero attached hydrogens (tertiary/aromatic N) is 1.